The van der Waals surface area contributed by atoms with Crippen LogP contribution >= 0.6 is 0 Å². The number of hydrogen-bond donors (Lipinski definition) is 2. The van der Waals surface area contributed by atoms with Crippen LogP contribution in [-0.4, -0.2) is 45.0 Å². The van der Waals surface area contributed by atoms with Crippen molar-refractivity contribution in [1.82, 2.24) is 10.2 Å². The van der Waals surface area contributed by atoms with Crippen LogP contribution in [0.4, 0.5) is 0 Å². The number of carbonyl (C=O) groups excluding carboxylic acids is 1. The molecule has 8 heteroatoms. The van der Waals surface area contributed by atoms with Crippen molar-refractivity contribution in [1.29, 1.82) is 0 Å². The summed E-state index contributed by atoms with van der Waals surface area (Å²) in [6.07, 6.45) is 2.28. The molecule has 1 aromatic carbocycles. The van der Waals surface area contributed by atoms with Crippen LogP contribution in [0.3, 0.4) is 0 Å². The fourth-order valence-corrected chi connectivity index (χ4v) is 4.24. The smallest absolute Gasteiger partial charge is 0.238 e. The number of primary sulfonamides is 1. The normalized spacial score (nSPS) is 25.0. The van der Waals surface area contributed by atoms with Gasteiger partial charge in [0, 0.05) is 26.1 Å². The first-order valence-electron chi connectivity index (χ1n) is 7.54. The van der Waals surface area contributed by atoms with Gasteiger partial charge in [0.25, 0.3) is 0 Å². The minimum absolute atomic E-state index is 0.0958. The highest BCUT2D eigenvalue weighted by Crippen LogP contribution is 2.32. The highest BCUT2D eigenvalue weighted by molar-refractivity contribution is 7.89. The summed E-state index contributed by atoms with van der Waals surface area (Å²) in [5.41, 5.74) is 0.464. The summed E-state index contributed by atoms with van der Waals surface area (Å²) >= 11 is 0. The van der Waals surface area contributed by atoms with E-state index in [4.69, 9.17) is 9.88 Å². The number of amides is 1. The summed E-state index contributed by atoms with van der Waals surface area (Å²) in [6, 6.07) is 4.77. The van der Waals surface area contributed by atoms with Gasteiger partial charge in [0.1, 0.15) is 5.75 Å². The standard InChI is InChI=1S/C15H21N3O4S/c1-22-12-2-3-13(23(16,20)21)11(8-12)9-18-7-6-15(10-18)5-4-14(19)17-15/h2-3,8H,4-7,9-10H2,1H3,(H,17,19)(H2,16,20,21). The van der Waals surface area contributed by atoms with E-state index in [1.165, 1.54) is 13.2 Å². The predicted molar refractivity (Wildman–Crippen MR) is 84.4 cm³/mol. The molecule has 2 fully saturated rings. The zero-order valence-corrected chi connectivity index (χ0v) is 13.9. The van der Waals surface area contributed by atoms with Crippen LogP contribution in [0.25, 0.3) is 0 Å². The summed E-state index contributed by atoms with van der Waals surface area (Å²) in [5, 5.41) is 8.38. The average Bonchev–Trinajstić information content (AvgIpc) is 3.04. The largest absolute Gasteiger partial charge is 0.497 e. The molecule has 1 amide bonds. The minimum Gasteiger partial charge on any atom is -0.497 e. The van der Waals surface area contributed by atoms with Gasteiger partial charge in [0.15, 0.2) is 0 Å². The number of hydrogen-bond acceptors (Lipinski definition) is 5. The molecule has 7 nitrogen and oxygen atoms in total. The third-order valence-corrected chi connectivity index (χ3v) is 5.65. The zero-order valence-electron chi connectivity index (χ0n) is 13.0. The molecule has 23 heavy (non-hydrogen) atoms. The van der Waals surface area contributed by atoms with Crippen LogP contribution in [-0.2, 0) is 21.4 Å². The monoisotopic (exact) mass is 339 g/mol. The third kappa shape index (κ3) is 3.34. The minimum atomic E-state index is -3.79. The first kappa shape index (κ1) is 16.2. The van der Waals surface area contributed by atoms with Gasteiger partial charge in [0.05, 0.1) is 17.5 Å². The Bertz CT molecular complexity index is 734. The third-order valence-electron chi connectivity index (χ3n) is 4.64. The number of carbonyl (C=O) groups is 1. The Balaban J connectivity index is 1.81. The summed E-state index contributed by atoms with van der Waals surface area (Å²) in [7, 11) is -2.25. The molecule has 0 radical (unpaired) electrons. The highest BCUT2D eigenvalue weighted by Gasteiger charge is 2.43. The van der Waals surface area contributed by atoms with Crippen LogP contribution in [0.2, 0.25) is 0 Å². The summed E-state index contributed by atoms with van der Waals surface area (Å²) in [5.74, 6) is 0.689. The van der Waals surface area contributed by atoms with Crippen molar-refractivity contribution in [2.75, 3.05) is 20.2 Å². The molecule has 2 aliphatic rings. The summed E-state index contributed by atoms with van der Waals surface area (Å²) < 4.78 is 28.7. The Kier molecular flexibility index (Phi) is 4.07. The number of nitrogens with zero attached hydrogens (tertiary/aromatic N) is 1. The van der Waals surface area contributed by atoms with E-state index >= 15 is 0 Å². The number of ether oxygens (including phenoxy) is 1. The second kappa shape index (κ2) is 5.77. The van der Waals surface area contributed by atoms with Crippen molar-refractivity contribution in [2.24, 2.45) is 5.14 Å². The Hall–Kier alpha value is -1.64. The lowest BCUT2D eigenvalue weighted by atomic mass is 9.97. The van der Waals surface area contributed by atoms with Crippen molar-refractivity contribution >= 4 is 15.9 Å². The number of benzene rings is 1. The highest BCUT2D eigenvalue weighted by atomic mass is 32.2. The van der Waals surface area contributed by atoms with E-state index in [1.807, 2.05) is 0 Å². The molecule has 0 saturated carbocycles. The maximum atomic E-state index is 11.8. The van der Waals surface area contributed by atoms with Gasteiger partial charge in [-0.05, 0) is 36.6 Å². The second-order valence-electron chi connectivity index (χ2n) is 6.31. The van der Waals surface area contributed by atoms with E-state index in [0.717, 1.165) is 25.9 Å². The number of rotatable bonds is 4. The number of likely N-dealkylation sites (tertiary alicyclic amines) is 1. The Morgan fingerprint density at radius 1 is 1.39 bits per heavy atom. The van der Waals surface area contributed by atoms with Crippen LogP contribution in [0.15, 0.2) is 23.1 Å². The van der Waals surface area contributed by atoms with Crippen LogP contribution in [0.1, 0.15) is 24.8 Å². The second-order valence-corrected chi connectivity index (χ2v) is 7.84. The maximum Gasteiger partial charge on any atom is 0.238 e. The average molecular weight is 339 g/mol. The Morgan fingerprint density at radius 2 is 2.17 bits per heavy atom. The van der Waals surface area contributed by atoms with Crippen LogP contribution in [0.5, 0.6) is 5.75 Å². The van der Waals surface area contributed by atoms with E-state index < -0.39 is 10.0 Å². The van der Waals surface area contributed by atoms with Crippen LogP contribution < -0.4 is 15.2 Å². The topological polar surface area (TPSA) is 102 Å². The molecule has 1 atom stereocenters. The first-order valence-corrected chi connectivity index (χ1v) is 9.09. The van der Waals surface area contributed by atoms with Gasteiger partial charge < -0.3 is 10.1 Å². The molecule has 0 bridgehead atoms. The molecule has 1 aromatic rings. The van der Waals surface area contributed by atoms with E-state index in [2.05, 4.69) is 10.2 Å². The SMILES string of the molecule is COc1ccc(S(N)(=O)=O)c(CN2CCC3(CCC(=O)N3)C2)c1. The summed E-state index contributed by atoms with van der Waals surface area (Å²) in [6.45, 7) is 1.99. The van der Waals surface area contributed by atoms with E-state index in [-0.39, 0.29) is 16.3 Å². The fourth-order valence-electron chi connectivity index (χ4n) is 3.50. The number of methoxy groups -OCH3 is 1. The Labute approximate surface area is 135 Å². The fraction of sp³-hybridized carbons (Fsp3) is 0.533. The van der Waals surface area contributed by atoms with Gasteiger partial charge in [-0.2, -0.15) is 0 Å². The number of nitrogens with one attached hydrogen (secondary N) is 1. The van der Waals surface area contributed by atoms with Crippen molar-refractivity contribution in [3.63, 3.8) is 0 Å². The number of nitrogens with two attached hydrogens (primary N) is 1. The molecule has 3 rings (SSSR count). The molecular formula is C15H21N3O4S. The van der Waals surface area contributed by atoms with Gasteiger partial charge >= 0.3 is 0 Å². The van der Waals surface area contributed by atoms with Crippen molar-refractivity contribution in [2.45, 2.75) is 36.2 Å². The maximum absolute atomic E-state index is 11.8. The molecule has 0 aliphatic carbocycles. The lowest BCUT2D eigenvalue weighted by Crippen LogP contribution is -2.43. The molecule has 1 spiro atoms. The Morgan fingerprint density at radius 3 is 2.78 bits per heavy atom. The first-order chi connectivity index (χ1) is 10.8. The number of sulfonamides is 1. The summed E-state index contributed by atoms with van der Waals surface area (Å²) in [4.78, 5) is 13.8. The lowest BCUT2D eigenvalue weighted by Gasteiger charge is -2.24. The van der Waals surface area contributed by atoms with Gasteiger partial charge in [0.2, 0.25) is 15.9 Å². The van der Waals surface area contributed by atoms with Crippen molar-refractivity contribution < 1.29 is 17.9 Å². The molecule has 2 saturated heterocycles. The predicted octanol–water partition coefficient (Wildman–Crippen LogP) is 0.197. The lowest BCUT2D eigenvalue weighted by molar-refractivity contribution is -0.119. The molecular weight excluding hydrogens is 318 g/mol. The molecule has 3 N–H and O–H groups in total. The van der Waals surface area contributed by atoms with Gasteiger partial charge in [-0.3, -0.25) is 9.69 Å². The molecule has 2 heterocycles. The molecule has 1 unspecified atom stereocenters. The van der Waals surface area contributed by atoms with Crippen molar-refractivity contribution in [3.05, 3.63) is 23.8 Å². The quantitative estimate of drug-likeness (QED) is 0.816. The van der Waals surface area contributed by atoms with E-state index in [9.17, 15) is 13.2 Å². The van der Waals surface area contributed by atoms with Gasteiger partial charge in [-0.25, -0.2) is 13.6 Å². The van der Waals surface area contributed by atoms with Gasteiger partial charge in [-0.15, -0.1) is 0 Å². The van der Waals surface area contributed by atoms with E-state index in [1.54, 1.807) is 12.1 Å². The zero-order chi connectivity index (χ0) is 16.7. The van der Waals surface area contributed by atoms with E-state index in [0.29, 0.717) is 24.3 Å². The molecule has 0 aromatic heterocycles. The molecule has 2 aliphatic heterocycles. The molecule has 126 valence electrons. The van der Waals surface area contributed by atoms with Crippen molar-refractivity contribution in [3.8, 4) is 5.75 Å². The van der Waals surface area contributed by atoms with Gasteiger partial charge in [-0.1, -0.05) is 0 Å². The van der Waals surface area contributed by atoms with Crippen LogP contribution in [0, 0.1) is 0 Å².